The molecule has 1 aliphatic heterocycles. The van der Waals surface area contributed by atoms with Crippen LogP contribution in [-0.4, -0.2) is 0 Å². The van der Waals surface area contributed by atoms with Crippen molar-refractivity contribution in [3.05, 3.63) is 93.6 Å². The summed E-state index contributed by atoms with van der Waals surface area (Å²) in [7, 11) is 0. The van der Waals surface area contributed by atoms with Crippen LogP contribution < -0.4 is 4.74 Å². The van der Waals surface area contributed by atoms with E-state index in [2.05, 4.69) is 10.0 Å². The maximum Gasteiger partial charge on any atom is 0.137 e. The third-order valence-electron chi connectivity index (χ3n) is 3.68. The van der Waals surface area contributed by atoms with E-state index in [1.165, 1.54) is 0 Å². The monoisotopic (exact) mass is 337 g/mol. The average molecular weight is 337 g/mol. The molecule has 0 atom stereocenters. The molecule has 1 heterocycles. The molecule has 0 spiro atoms. The smallest absolute Gasteiger partial charge is 0.137 e. The fraction of sp³-hybridized carbons (Fsp3) is 0. The summed E-state index contributed by atoms with van der Waals surface area (Å²) in [5.41, 5.74) is 11.1. The van der Waals surface area contributed by atoms with Gasteiger partial charge in [-0.2, -0.15) is 10.5 Å². The lowest BCUT2D eigenvalue weighted by Crippen LogP contribution is -2.03. The molecule has 0 saturated carbocycles. The van der Waals surface area contributed by atoms with Gasteiger partial charge in [-0.3, -0.25) is 0 Å². The van der Waals surface area contributed by atoms with Gasteiger partial charge in [-0.15, -0.1) is 0 Å². The molecule has 0 fully saturated rings. The van der Waals surface area contributed by atoms with Gasteiger partial charge < -0.3 is 4.74 Å². The Morgan fingerprint density at radius 3 is 2.46 bits per heavy atom. The second kappa shape index (κ2) is 7.55. The first-order valence-corrected chi connectivity index (χ1v) is 7.62. The molecule has 0 aromatic heterocycles. The van der Waals surface area contributed by atoms with Gasteiger partial charge in [0, 0.05) is 21.7 Å². The van der Waals surface area contributed by atoms with Gasteiger partial charge in [-0.25, -0.2) is 0 Å². The minimum atomic E-state index is 0.0327. The number of fused-ring (bicyclic) bond motifs is 1. The summed E-state index contributed by atoms with van der Waals surface area (Å²) < 4.78 is 5.84. The van der Waals surface area contributed by atoms with Crippen LogP contribution >= 0.6 is 0 Å². The molecule has 0 aliphatic carbocycles. The van der Waals surface area contributed by atoms with Gasteiger partial charge in [0.2, 0.25) is 0 Å². The number of allylic oxidation sites excluding steroid dienone is 4. The van der Waals surface area contributed by atoms with E-state index < -0.39 is 0 Å². The molecule has 0 amide bonds. The molecule has 0 bridgehead atoms. The topological polar surface area (TPSA) is 106 Å². The molecule has 6 nitrogen and oxygen atoms in total. The second-order valence-corrected chi connectivity index (χ2v) is 5.27. The van der Waals surface area contributed by atoms with E-state index in [1.807, 2.05) is 48.5 Å². The Morgan fingerprint density at radius 2 is 1.77 bits per heavy atom. The van der Waals surface area contributed by atoms with Crippen LogP contribution in [-0.2, 0) is 0 Å². The average Bonchev–Trinajstić information content (AvgIpc) is 2.68. The van der Waals surface area contributed by atoms with Crippen LogP contribution in [0.5, 0.6) is 5.75 Å². The van der Waals surface area contributed by atoms with Crippen LogP contribution in [0.2, 0.25) is 0 Å². The van der Waals surface area contributed by atoms with E-state index >= 15 is 0 Å². The second-order valence-electron chi connectivity index (χ2n) is 5.27. The minimum Gasteiger partial charge on any atom is -0.457 e. The predicted molar refractivity (Wildman–Crippen MR) is 97.6 cm³/mol. The maximum absolute atomic E-state index is 9.21. The first-order valence-electron chi connectivity index (χ1n) is 7.62. The number of para-hydroxylation sites is 1. The highest BCUT2D eigenvalue weighted by Crippen LogP contribution is 2.35. The lowest BCUT2D eigenvalue weighted by molar-refractivity contribution is 0.439. The number of hydrogen-bond donors (Lipinski definition) is 0. The van der Waals surface area contributed by atoms with Gasteiger partial charge in [-0.1, -0.05) is 53.7 Å². The number of benzene rings is 2. The van der Waals surface area contributed by atoms with Crippen molar-refractivity contribution in [2.75, 3.05) is 0 Å². The van der Waals surface area contributed by atoms with E-state index in [9.17, 15) is 10.5 Å². The molecule has 26 heavy (non-hydrogen) atoms. The molecule has 6 heteroatoms. The van der Waals surface area contributed by atoms with Crippen LogP contribution in [0, 0.1) is 22.7 Å². The molecule has 2 aromatic carbocycles. The summed E-state index contributed by atoms with van der Waals surface area (Å²) in [6, 6.07) is 18.2. The van der Waals surface area contributed by atoms with E-state index in [-0.39, 0.29) is 5.57 Å². The summed E-state index contributed by atoms with van der Waals surface area (Å²) in [5.74, 6) is 1.10. The quantitative estimate of drug-likeness (QED) is 0.323. The standard InChI is InChI=1S/C20H11N5O/c21-12-15(13-22)19-11-17(26-20-4-2-1-3-18(19)20)10-7-14-5-8-16(9-6-14)24-25-23/h1-11H/b10-7+. The first kappa shape index (κ1) is 16.6. The number of nitrogens with zero attached hydrogens (tertiary/aromatic N) is 5. The maximum atomic E-state index is 9.21. The summed E-state index contributed by atoms with van der Waals surface area (Å²) in [4.78, 5) is 2.74. The summed E-state index contributed by atoms with van der Waals surface area (Å²) in [6.07, 6.45) is 5.26. The third kappa shape index (κ3) is 3.47. The van der Waals surface area contributed by atoms with Crippen molar-refractivity contribution in [1.82, 2.24) is 0 Å². The van der Waals surface area contributed by atoms with Crippen molar-refractivity contribution in [1.29, 1.82) is 10.5 Å². The molecule has 1 aliphatic rings. The number of ether oxygens (including phenoxy) is 1. The van der Waals surface area contributed by atoms with Gasteiger partial charge in [0.1, 0.15) is 29.2 Å². The van der Waals surface area contributed by atoms with Crippen LogP contribution in [0.25, 0.3) is 22.1 Å². The number of nitriles is 2. The molecule has 122 valence electrons. The van der Waals surface area contributed by atoms with E-state index in [1.54, 1.807) is 30.4 Å². The highest BCUT2D eigenvalue weighted by Gasteiger charge is 2.18. The molecule has 0 radical (unpaired) electrons. The van der Waals surface area contributed by atoms with Gasteiger partial charge in [-0.05, 0) is 29.3 Å². The van der Waals surface area contributed by atoms with Crippen LogP contribution in [0.4, 0.5) is 5.69 Å². The van der Waals surface area contributed by atoms with E-state index in [0.717, 1.165) is 5.56 Å². The predicted octanol–water partition coefficient (Wildman–Crippen LogP) is 5.42. The van der Waals surface area contributed by atoms with Crippen LogP contribution in [0.1, 0.15) is 11.1 Å². The fourth-order valence-corrected chi connectivity index (χ4v) is 2.47. The lowest BCUT2D eigenvalue weighted by atomic mass is 9.97. The van der Waals surface area contributed by atoms with Crippen molar-refractivity contribution in [2.45, 2.75) is 0 Å². The molecule has 2 aromatic rings. The Labute approximate surface area is 149 Å². The van der Waals surface area contributed by atoms with Crippen LogP contribution in [0.3, 0.4) is 0 Å². The van der Waals surface area contributed by atoms with Crippen molar-refractivity contribution in [3.8, 4) is 17.9 Å². The summed E-state index contributed by atoms with van der Waals surface area (Å²) >= 11 is 0. The molecule has 3 rings (SSSR count). The van der Waals surface area contributed by atoms with E-state index in [4.69, 9.17) is 10.3 Å². The Kier molecular flexibility index (Phi) is 4.82. The Bertz CT molecular complexity index is 1060. The molecule has 0 unspecified atom stereocenters. The molecular formula is C20H11N5O. The Morgan fingerprint density at radius 1 is 1.04 bits per heavy atom. The first-order chi connectivity index (χ1) is 12.7. The normalized spacial score (nSPS) is 12.1. The summed E-state index contributed by atoms with van der Waals surface area (Å²) in [5, 5.41) is 22.0. The number of hydrogen-bond acceptors (Lipinski definition) is 4. The lowest BCUT2D eigenvalue weighted by Gasteiger charge is -2.18. The van der Waals surface area contributed by atoms with E-state index in [0.29, 0.717) is 28.3 Å². The van der Waals surface area contributed by atoms with Gasteiger partial charge in [0.25, 0.3) is 0 Å². The largest absolute Gasteiger partial charge is 0.457 e. The van der Waals surface area contributed by atoms with Crippen molar-refractivity contribution in [3.63, 3.8) is 0 Å². The molecule has 0 saturated heterocycles. The zero-order valence-corrected chi connectivity index (χ0v) is 13.5. The highest BCUT2D eigenvalue weighted by molar-refractivity contribution is 5.87. The zero-order chi connectivity index (χ0) is 18.4. The SMILES string of the molecule is N#CC(C#N)=C1C=C(/C=C/c2ccc(N=[N+]=[N-])cc2)Oc2ccccc21. The highest BCUT2D eigenvalue weighted by atomic mass is 16.5. The van der Waals surface area contributed by atoms with Crippen molar-refractivity contribution < 1.29 is 4.74 Å². The Balaban J connectivity index is 1.96. The van der Waals surface area contributed by atoms with Crippen LogP contribution in [0.15, 0.2) is 77.1 Å². The minimum absolute atomic E-state index is 0.0327. The third-order valence-corrected chi connectivity index (χ3v) is 3.68. The van der Waals surface area contributed by atoms with Gasteiger partial charge in [0.05, 0.1) is 0 Å². The van der Waals surface area contributed by atoms with Crippen molar-refractivity contribution in [2.24, 2.45) is 5.11 Å². The zero-order valence-electron chi connectivity index (χ0n) is 13.5. The van der Waals surface area contributed by atoms with Crippen molar-refractivity contribution >= 4 is 17.3 Å². The number of azide groups is 1. The molecular weight excluding hydrogens is 326 g/mol. The summed E-state index contributed by atoms with van der Waals surface area (Å²) in [6.45, 7) is 0. The van der Waals surface area contributed by atoms with Gasteiger partial charge >= 0.3 is 0 Å². The van der Waals surface area contributed by atoms with Gasteiger partial charge in [0.15, 0.2) is 0 Å². The Hall–Kier alpha value is -4.25. The fourth-order valence-electron chi connectivity index (χ4n) is 2.47. The number of rotatable bonds is 3. The molecule has 0 N–H and O–H groups in total.